The van der Waals surface area contributed by atoms with Crippen LogP contribution in [0.5, 0.6) is 0 Å². The molecule has 1 fully saturated rings. The van der Waals surface area contributed by atoms with E-state index >= 15 is 0 Å². The number of carbonyl (C=O) groups is 1. The van der Waals surface area contributed by atoms with Crippen LogP contribution in [0.1, 0.15) is 30.1 Å². The van der Waals surface area contributed by atoms with Crippen molar-refractivity contribution in [2.24, 2.45) is 5.92 Å². The Labute approximate surface area is 178 Å². The summed E-state index contributed by atoms with van der Waals surface area (Å²) in [6, 6.07) is 11.4. The number of halogens is 1. The van der Waals surface area contributed by atoms with Crippen molar-refractivity contribution in [2.75, 3.05) is 18.4 Å². The van der Waals surface area contributed by atoms with Crippen molar-refractivity contribution in [1.29, 1.82) is 0 Å². The largest absolute Gasteiger partial charge is 0.298 e. The number of benzene rings is 2. The van der Waals surface area contributed by atoms with Gasteiger partial charge >= 0.3 is 0 Å². The summed E-state index contributed by atoms with van der Waals surface area (Å²) in [5.41, 5.74) is 1.13. The van der Waals surface area contributed by atoms with Crippen molar-refractivity contribution in [3.8, 4) is 0 Å². The van der Waals surface area contributed by atoms with Gasteiger partial charge < -0.3 is 0 Å². The van der Waals surface area contributed by atoms with Gasteiger partial charge in [-0.2, -0.15) is 4.31 Å². The summed E-state index contributed by atoms with van der Waals surface area (Å²) in [6.07, 6.45) is 1.91. The topological polar surface area (TPSA) is 79.4 Å². The van der Waals surface area contributed by atoms with E-state index in [2.05, 4.69) is 17.2 Å². The summed E-state index contributed by atoms with van der Waals surface area (Å²) in [7, 11) is -3.54. The predicted molar refractivity (Wildman–Crippen MR) is 116 cm³/mol. The number of rotatable bonds is 4. The quantitative estimate of drug-likeness (QED) is 0.630. The summed E-state index contributed by atoms with van der Waals surface area (Å²) in [5.74, 6) is 0.0120. The third-order valence-electron chi connectivity index (χ3n) is 4.94. The lowest BCUT2D eigenvalue weighted by molar-refractivity contribution is 0.102. The Bertz CT molecular complexity index is 1160. The zero-order valence-electron chi connectivity index (χ0n) is 15.8. The van der Waals surface area contributed by atoms with E-state index in [-0.39, 0.29) is 10.8 Å². The molecule has 0 spiro atoms. The van der Waals surface area contributed by atoms with Crippen molar-refractivity contribution in [3.63, 3.8) is 0 Å². The van der Waals surface area contributed by atoms with Gasteiger partial charge in [0.15, 0.2) is 5.13 Å². The van der Waals surface area contributed by atoms with Crippen LogP contribution in [0, 0.1) is 5.92 Å². The molecule has 1 aliphatic heterocycles. The van der Waals surface area contributed by atoms with E-state index in [1.54, 1.807) is 18.2 Å². The van der Waals surface area contributed by atoms with Gasteiger partial charge in [0.25, 0.3) is 5.91 Å². The molecule has 4 rings (SSSR count). The Morgan fingerprint density at radius 3 is 2.72 bits per heavy atom. The number of carbonyl (C=O) groups excluding carboxylic acids is 1. The van der Waals surface area contributed by atoms with Gasteiger partial charge in [0.2, 0.25) is 10.0 Å². The number of anilines is 1. The molecular formula is C20H20ClN3O3S2. The van der Waals surface area contributed by atoms with Crippen molar-refractivity contribution < 1.29 is 13.2 Å². The van der Waals surface area contributed by atoms with Crippen LogP contribution in [0.2, 0.25) is 5.02 Å². The van der Waals surface area contributed by atoms with Crippen LogP contribution in [0.3, 0.4) is 0 Å². The second kappa shape index (κ2) is 8.02. The number of aromatic nitrogens is 1. The number of nitrogens with zero attached hydrogens (tertiary/aromatic N) is 2. The molecule has 0 aliphatic carbocycles. The average Bonchev–Trinajstić information content (AvgIpc) is 3.09. The van der Waals surface area contributed by atoms with Gasteiger partial charge in [-0.15, -0.1) is 0 Å². The highest BCUT2D eigenvalue weighted by Gasteiger charge is 2.28. The van der Waals surface area contributed by atoms with Gasteiger partial charge in [-0.1, -0.05) is 29.9 Å². The van der Waals surface area contributed by atoms with Crippen LogP contribution in [-0.4, -0.2) is 36.7 Å². The third kappa shape index (κ3) is 4.30. The van der Waals surface area contributed by atoms with Gasteiger partial charge in [-0.3, -0.25) is 10.1 Å². The number of fused-ring (bicyclic) bond motifs is 1. The SMILES string of the molecule is CC1CCCN(S(=O)(=O)c2ccc(C(=O)Nc3nc4ccc(Cl)cc4s3)cc2)C1. The molecule has 2 heterocycles. The third-order valence-corrected chi connectivity index (χ3v) is 7.99. The van der Waals surface area contributed by atoms with Crippen LogP contribution in [-0.2, 0) is 10.0 Å². The molecule has 1 N–H and O–H groups in total. The zero-order chi connectivity index (χ0) is 20.6. The fourth-order valence-corrected chi connectivity index (χ4v) is 6.15. The zero-order valence-corrected chi connectivity index (χ0v) is 18.1. The molecule has 1 saturated heterocycles. The smallest absolute Gasteiger partial charge is 0.257 e. The first kappa shape index (κ1) is 20.3. The lowest BCUT2D eigenvalue weighted by atomic mass is 10.0. The van der Waals surface area contributed by atoms with Gasteiger partial charge in [0.05, 0.1) is 15.1 Å². The number of nitrogens with one attached hydrogen (secondary N) is 1. The van der Waals surface area contributed by atoms with Gasteiger partial charge in [0.1, 0.15) is 0 Å². The number of sulfonamides is 1. The Kier molecular flexibility index (Phi) is 5.61. The first-order valence-electron chi connectivity index (χ1n) is 9.30. The molecule has 1 unspecified atom stereocenters. The van der Waals surface area contributed by atoms with E-state index in [4.69, 9.17) is 11.6 Å². The van der Waals surface area contributed by atoms with Gasteiger partial charge in [0, 0.05) is 23.7 Å². The van der Waals surface area contributed by atoms with Crippen molar-refractivity contribution in [2.45, 2.75) is 24.7 Å². The second-order valence-electron chi connectivity index (χ2n) is 7.22. The van der Waals surface area contributed by atoms with Crippen molar-refractivity contribution in [3.05, 3.63) is 53.1 Å². The second-order valence-corrected chi connectivity index (χ2v) is 10.6. The number of thiazole rings is 1. The fraction of sp³-hybridized carbons (Fsp3) is 0.300. The molecule has 0 radical (unpaired) electrons. The van der Waals surface area contributed by atoms with Crippen LogP contribution in [0.4, 0.5) is 5.13 Å². The minimum absolute atomic E-state index is 0.206. The molecule has 2 aromatic carbocycles. The Hall–Kier alpha value is -2.00. The molecule has 1 aromatic heterocycles. The van der Waals surface area contributed by atoms with Crippen molar-refractivity contribution in [1.82, 2.24) is 9.29 Å². The lowest BCUT2D eigenvalue weighted by Gasteiger charge is -2.30. The number of piperidine rings is 1. The maximum atomic E-state index is 12.8. The first-order chi connectivity index (χ1) is 13.8. The predicted octanol–water partition coefficient (Wildman–Crippen LogP) is 4.62. The van der Waals surface area contributed by atoms with Crippen LogP contribution < -0.4 is 5.32 Å². The minimum Gasteiger partial charge on any atom is -0.298 e. The summed E-state index contributed by atoms with van der Waals surface area (Å²) >= 11 is 7.31. The summed E-state index contributed by atoms with van der Waals surface area (Å²) in [6.45, 7) is 3.13. The molecular weight excluding hydrogens is 430 g/mol. The Balaban J connectivity index is 1.50. The van der Waals surface area contributed by atoms with E-state index in [0.717, 1.165) is 23.1 Å². The minimum atomic E-state index is -3.54. The van der Waals surface area contributed by atoms with Gasteiger partial charge in [-0.05, 0) is 61.2 Å². The summed E-state index contributed by atoms with van der Waals surface area (Å²) < 4.78 is 28.1. The normalized spacial score (nSPS) is 18.1. The maximum absolute atomic E-state index is 12.8. The van der Waals surface area contributed by atoms with Crippen molar-refractivity contribution >= 4 is 54.2 Å². The number of amides is 1. The van der Waals surface area contributed by atoms with Crippen LogP contribution in [0.15, 0.2) is 47.4 Å². The standard InChI is InChI=1S/C20H20ClN3O3S2/c1-13-3-2-10-24(12-13)29(26,27)16-7-4-14(5-8-16)19(25)23-20-22-17-9-6-15(21)11-18(17)28-20/h4-9,11,13H,2-3,10,12H2,1H3,(H,22,23,25). The first-order valence-corrected chi connectivity index (χ1v) is 11.9. The van der Waals surface area contributed by atoms with Gasteiger partial charge in [-0.25, -0.2) is 13.4 Å². The maximum Gasteiger partial charge on any atom is 0.257 e. The van der Waals surface area contributed by atoms with Crippen LogP contribution in [0.25, 0.3) is 10.2 Å². The Morgan fingerprint density at radius 2 is 2.00 bits per heavy atom. The summed E-state index contributed by atoms with van der Waals surface area (Å²) in [5, 5.41) is 3.83. The van der Waals surface area contributed by atoms with Crippen LogP contribution >= 0.6 is 22.9 Å². The molecule has 1 amide bonds. The van der Waals surface area contributed by atoms with E-state index < -0.39 is 10.0 Å². The lowest BCUT2D eigenvalue weighted by Crippen LogP contribution is -2.39. The van der Waals surface area contributed by atoms with E-state index in [1.165, 1.54) is 39.9 Å². The summed E-state index contributed by atoms with van der Waals surface area (Å²) in [4.78, 5) is 17.1. The highest BCUT2D eigenvalue weighted by molar-refractivity contribution is 7.89. The molecule has 29 heavy (non-hydrogen) atoms. The number of hydrogen-bond acceptors (Lipinski definition) is 5. The average molecular weight is 450 g/mol. The molecule has 1 aliphatic rings. The fourth-order valence-electron chi connectivity index (χ4n) is 3.41. The molecule has 6 nitrogen and oxygen atoms in total. The molecule has 0 saturated carbocycles. The molecule has 9 heteroatoms. The number of hydrogen-bond donors (Lipinski definition) is 1. The molecule has 152 valence electrons. The van der Waals surface area contributed by atoms with E-state index in [0.29, 0.717) is 34.7 Å². The Morgan fingerprint density at radius 1 is 1.24 bits per heavy atom. The molecule has 3 aromatic rings. The molecule has 1 atom stereocenters. The van der Waals surface area contributed by atoms with E-state index in [1.807, 2.05) is 0 Å². The highest BCUT2D eigenvalue weighted by atomic mass is 35.5. The molecule has 0 bridgehead atoms. The van der Waals surface area contributed by atoms with E-state index in [9.17, 15) is 13.2 Å². The highest BCUT2D eigenvalue weighted by Crippen LogP contribution is 2.29. The monoisotopic (exact) mass is 449 g/mol.